The van der Waals surface area contributed by atoms with Gasteiger partial charge in [0.15, 0.2) is 0 Å². The van der Waals surface area contributed by atoms with Gasteiger partial charge in [0, 0.05) is 14.2 Å². The van der Waals surface area contributed by atoms with Gasteiger partial charge in [0.2, 0.25) is 5.88 Å². The largest absolute Gasteiger partial charge is 0.489 e. The van der Waals surface area contributed by atoms with E-state index in [1.54, 1.807) is 17.9 Å². The quantitative estimate of drug-likeness (QED) is 0.392. The number of methoxy groups -OCH3 is 1. The molecule has 0 amide bonds. The van der Waals surface area contributed by atoms with E-state index in [4.69, 9.17) is 42.1 Å². The lowest BCUT2D eigenvalue weighted by atomic mass is 10.2. The molecule has 0 aliphatic heterocycles. The van der Waals surface area contributed by atoms with Gasteiger partial charge in [0.1, 0.15) is 34.1 Å². The topological polar surface area (TPSA) is 54.7 Å². The molecule has 30 heavy (non-hydrogen) atoms. The fourth-order valence-corrected chi connectivity index (χ4v) is 2.87. The third-order valence-electron chi connectivity index (χ3n) is 4.16. The number of aromatic nitrogens is 2. The maximum absolute atomic E-state index is 6.01. The Morgan fingerprint density at radius 1 is 0.933 bits per heavy atom. The van der Waals surface area contributed by atoms with Gasteiger partial charge in [0.05, 0.1) is 17.9 Å². The summed E-state index contributed by atoms with van der Waals surface area (Å²) in [7, 11) is 3.49. The molecule has 0 aliphatic rings. The lowest BCUT2D eigenvalue weighted by Gasteiger charge is -2.10. The number of aryl methyl sites for hydroxylation is 2. The Morgan fingerprint density at radius 3 is 2.00 bits per heavy atom. The summed E-state index contributed by atoms with van der Waals surface area (Å²) in [5, 5.41) is 4.39. The van der Waals surface area contributed by atoms with Crippen molar-refractivity contribution in [3.8, 4) is 28.9 Å². The van der Waals surface area contributed by atoms with E-state index in [0.717, 1.165) is 11.3 Å². The van der Waals surface area contributed by atoms with Crippen molar-refractivity contribution in [2.24, 2.45) is 7.05 Å². The normalized spacial score (nSPS) is 10.6. The lowest BCUT2D eigenvalue weighted by Crippen LogP contribution is -1.98. The van der Waals surface area contributed by atoms with Gasteiger partial charge in [-0.2, -0.15) is 5.10 Å². The SMILES string of the molecule is COCc1c(C)nn(C)c1Oc1ccc(Oc2ccc(OCC=C(Cl)Cl)cc2)cc1. The van der Waals surface area contributed by atoms with E-state index >= 15 is 0 Å². The van der Waals surface area contributed by atoms with Crippen molar-refractivity contribution in [2.75, 3.05) is 13.7 Å². The first kappa shape index (κ1) is 22.0. The van der Waals surface area contributed by atoms with Crippen LogP contribution in [0.3, 0.4) is 0 Å². The average molecular weight is 449 g/mol. The second kappa shape index (κ2) is 10.4. The third-order valence-corrected chi connectivity index (χ3v) is 4.47. The van der Waals surface area contributed by atoms with Gasteiger partial charge in [-0.15, -0.1) is 0 Å². The molecule has 2 aromatic carbocycles. The van der Waals surface area contributed by atoms with Crippen molar-refractivity contribution >= 4 is 23.2 Å². The average Bonchev–Trinajstić information content (AvgIpc) is 2.98. The highest BCUT2D eigenvalue weighted by Gasteiger charge is 2.15. The summed E-state index contributed by atoms with van der Waals surface area (Å²) >= 11 is 11.1. The van der Waals surface area contributed by atoms with Crippen LogP contribution in [0.5, 0.6) is 28.9 Å². The van der Waals surface area contributed by atoms with Crippen LogP contribution in [0.1, 0.15) is 11.3 Å². The van der Waals surface area contributed by atoms with E-state index in [1.165, 1.54) is 0 Å². The Labute approximate surface area is 185 Å². The Balaban J connectivity index is 1.62. The van der Waals surface area contributed by atoms with Crippen LogP contribution in [0.25, 0.3) is 0 Å². The van der Waals surface area contributed by atoms with Crippen molar-refractivity contribution in [2.45, 2.75) is 13.5 Å². The molecule has 0 radical (unpaired) electrons. The standard InChI is InChI=1S/C22H22Cl2N2O4/c1-15-20(14-27-3)22(26(2)25-15)30-19-10-8-18(9-11-19)29-17-6-4-16(5-7-17)28-13-12-21(23)24/h4-12H,13-14H2,1-3H3. The zero-order chi connectivity index (χ0) is 21.5. The molecule has 0 bridgehead atoms. The van der Waals surface area contributed by atoms with Gasteiger partial charge in [-0.1, -0.05) is 23.2 Å². The monoisotopic (exact) mass is 448 g/mol. The summed E-state index contributed by atoms with van der Waals surface area (Å²) in [5.41, 5.74) is 1.80. The molecule has 0 fully saturated rings. The fraction of sp³-hybridized carbons (Fsp3) is 0.227. The number of hydrogen-bond donors (Lipinski definition) is 0. The minimum atomic E-state index is 0.177. The Bertz CT molecular complexity index is 995. The first-order valence-electron chi connectivity index (χ1n) is 9.17. The van der Waals surface area contributed by atoms with E-state index in [9.17, 15) is 0 Å². The van der Waals surface area contributed by atoms with Crippen LogP contribution in [0.2, 0.25) is 0 Å². The second-order valence-electron chi connectivity index (χ2n) is 6.38. The predicted octanol–water partition coefficient (Wildman–Crippen LogP) is 6.16. The van der Waals surface area contributed by atoms with Crippen molar-refractivity contribution in [3.05, 3.63) is 70.4 Å². The Morgan fingerprint density at radius 2 is 1.47 bits per heavy atom. The zero-order valence-electron chi connectivity index (χ0n) is 16.9. The minimum Gasteiger partial charge on any atom is -0.489 e. The molecule has 0 spiro atoms. The van der Waals surface area contributed by atoms with Gasteiger partial charge in [-0.3, -0.25) is 0 Å². The van der Waals surface area contributed by atoms with Crippen molar-refractivity contribution in [1.82, 2.24) is 9.78 Å². The van der Waals surface area contributed by atoms with Gasteiger partial charge in [-0.05, 0) is 61.5 Å². The number of benzene rings is 2. The fourth-order valence-electron chi connectivity index (χ4n) is 2.75. The van der Waals surface area contributed by atoms with E-state index in [-0.39, 0.29) is 4.49 Å². The van der Waals surface area contributed by atoms with Crippen LogP contribution >= 0.6 is 23.2 Å². The van der Waals surface area contributed by atoms with E-state index in [0.29, 0.717) is 42.1 Å². The van der Waals surface area contributed by atoms with Crippen LogP contribution in [0.4, 0.5) is 0 Å². The Hall–Kier alpha value is -2.67. The van der Waals surface area contributed by atoms with Crippen molar-refractivity contribution < 1.29 is 18.9 Å². The van der Waals surface area contributed by atoms with Crippen LogP contribution in [0, 0.1) is 6.92 Å². The molecule has 0 N–H and O–H groups in total. The van der Waals surface area contributed by atoms with E-state index in [2.05, 4.69) is 5.10 Å². The molecule has 3 aromatic rings. The summed E-state index contributed by atoms with van der Waals surface area (Å²) < 4.78 is 24.5. The molecular formula is C22H22Cl2N2O4. The van der Waals surface area contributed by atoms with Crippen LogP contribution in [-0.4, -0.2) is 23.5 Å². The zero-order valence-corrected chi connectivity index (χ0v) is 18.4. The van der Waals surface area contributed by atoms with Crippen molar-refractivity contribution in [1.29, 1.82) is 0 Å². The van der Waals surface area contributed by atoms with Crippen LogP contribution in [0.15, 0.2) is 59.1 Å². The highest BCUT2D eigenvalue weighted by atomic mass is 35.5. The number of nitrogens with zero attached hydrogens (tertiary/aromatic N) is 2. The molecule has 0 atom stereocenters. The van der Waals surface area contributed by atoms with Gasteiger partial charge < -0.3 is 18.9 Å². The highest BCUT2D eigenvalue weighted by Crippen LogP contribution is 2.30. The molecule has 3 rings (SSSR count). The molecule has 8 heteroatoms. The summed E-state index contributed by atoms with van der Waals surface area (Å²) in [6, 6.07) is 14.6. The predicted molar refractivity (Wildman–Crippen MR) is 117 cm³/mol. The number of hydrogen-bond acceptors (Lipinski definition) is 5. The minimum absolute atomic E-state index is 0.177. The summed E-state index contributed by atoms with van der Waals surface area (Å²) in [6.45, 7) is 2.66. The molecule has 0 unspecified atom stereocenters. The molecular weight excluding hydrogens is 427 g/mol. The summed E-state index contributed by atoms with van der Waals surface area (Å²) in [6.07, 6.45) is 1.57. The first-order valence-corrected chi connectivity index (χ1v) is 9.93. The molecule has 0 saturated carbocycles. The molecule has 1 heterocycles. The van der Waals surface area contributed by atoms with Gasteiger partial charge in [-0.25, -0.2) is 4.68 Å². The lowest BCUT2D eigenvalue weighted by molar-refractivity contribution is 0.181. The molecule has 1 aromatic heterocycles. The third kappa shape index (κ3) is 5.92. The van der Waals surface area contributed by atoms with Crippen LogP contribution < -0.4 is 14.2 Å². The molecule has 0 aliphatic carbocycles. The van der Waals surface area contributed by atoms with Crippen LogP contribution in [-0.2, 0) is 18.4 Å². The molecule has 158 valence electrons. The van der Waals surface area contributed by atoms with E-state index in [1.807, 2.05) is 62.5 Å². The van der Waals surface area contributed by atoms with Crippen molar-refractivity contribution in [3.63, 3.8) is 0 Å². The molecule has 6 nitrogen and oxygen atoms in total. The number of halogens is 2. The Kier molecular flexibility index (Phi) is 7.63. The van der Waals surface area contributed by atoms with Gasteiger partial charge >= 0.3 is 0 Å². The maximum atomic E-state index is 6.01. The first-order chi connectivity index (χ1) is 14.5. The van der Waals surface area contributed by atoms with E-state index < -0.39 is 0 Å². The summed E-state index contributed by atoms with van der Waals surface area (Å²) in [4.78, 5) is 0. The van der Waals surface area contributed by atoms with Gasteiger partial charge in [0.25, 0.3) is 0 Å². The molecule has 0 saturated heterocycles. The highest BCUT2D eigenvalue weighted by molar-refractivity contribution is 6.55. The number of rotatable bonds is 9. The number of ether oxygens (including phenoxy) is 4. The smallest absolute Gasteiger partial charge is 0.223 e. The summed E-state index contributed by atoms with van der Waals surface area (Å²) in [5.74, 6) is 3.40. The second-order valence-corrected chi connectivity index (χ2v) is 7.39. The maximum Gasteiger partial charge on any atom is 0.223 e.